The zero-order valence-electron chi connectivity index (χ0n) is 18.9. The molecule has 0 N–H and O–H groups in total. The van der Waals surface area contributed by atoms with Crippen LogP contribution in [0.25, 0.3) is 11.7 Å². The molecule has 1 aromatic carbocycles. The van der Waals surface area contributed by atoms with E-state index in [1.807, 2.05) is 61.2 Å². The monoisotopic (exact) mass is 492 g/mol. The van der Waals surface area contributed by atoms with Crippen LogP contribution in [0.15, 0.2) is 58.4 Å². The Morgan fingerprint density at radius 1 is 1.12 bits per heavy atom. The van der Waals surface area contributed by atoms with Crippen molar-refractivity contribution in [2.45, 2.75) is 19.9 Å². The van der Waals surface area contributed by atoms with Gasteiger partial charge in [0, 0.05) is 19.3 Å². The molecule has 0 radical (unpaired) electrons. The molecule has 2 aliphatic rings. The molecule has 174 valence electrons. The van der Waals surface area contributed by atoms with Crippen LogP contribution in [0.3, 0.4) is 0 Å². The highest BCUT2D eigenvalue weighted by atomic mass is 32.2. The van der Waals surface area contributed by atoms with Crippen molar-refractivity contribution in [2.24, 2.45) is 0 Å². The molecule has 5 rings (SSSR count). The molecule has 1 atom stereocenters. The average molecular weight is 493 g/mol. The molecule has 7 nitrogen and oxygen atoms in total. The van der Waals surface area contributed by atoms with Crippen molar-refractivity contribution in [3.8, 4) is 0 Å². The maximum Gasteiger partial charge on any atom is 0.267 e. The minimum Gasteiger partial charge on any atom is -0.378 e. The fourth-order valence-electron chi connectivity index (χ4n) is 4.21. The zero-order chi connectivity index (χ0) is 23.8. The lowest BCUT2D eigenvalue weighted by atomic mass is 10.1. The van der Waals surface area contributed by atoms with Crippen LogP contribution in [-0.4, -0.2) is 50.8 Å². The van der Waals surface area contributed by atoms with Crippen molar-refractivity contribution in [3.05, 3.63) is 80.6 Å². The van der Waals surface area contributed by atoms with Crippen LogP contribution in [-0.2, 0) is 9.53 Å². The Hall–Kier alpha value is -3.01. The Morgan fingerprint density at radius 3 is 2.59 bits per heavy atom. The van der Waals surface area contributed by atoms with E-state index < -0.39 is 0 Å². The molecule has 0 bridgehead atoms. The lowest BCUT2D eigenvalue weighted by molar-refractivity contribution is -0.123. The summed E-state index contributed by atoms with van der Waals surface area (Å²) in [6.07, 6.45) is 3.43. The molecule has 2 aromatic heterocycles. The van der Waals surface area contributed by atoms with Crippen LogP contribution in [0.5, 0.6) is 0 Å². The van der Waals surface area contributed by atoms with Crippen LogP contribution >= 0.6 is 24.0 Å². The third kappa shape index (κ3) is 4.15. The predicted molar refractivity (Wildman–Crippen MR) is 139 cm³/mol. The van der Waals surface area contributed by atoms with Crippen LogP contribution in [0.4, 0.5) is 5.82 Å². The SMILES string of the molecule is Cc1ccc2nc(N3CCOCC3)c(/C=C3\SC(=S)N(C(C)c4ccccc4)C3=O)c(=O)n2c1. The van der Waals surface area contributed by atoms with Crippen molar-refractivity contribution in [1.82, 2.24) is 14.3 Å². The second kappa shape index (κ2) is 9.32. The van der Waals surface area contributed by atoms with E-state index in [-0.39, 0.29) is 17.5 Å². The number of ether oxygens (including phenoxy) is 1. The van der Waals surface area contributed by atoms with E-state index in [1.54, 1.807) is 21.6 Å². The molecular weight excluding hydrogens is 468 g/mol. The number of carbonyl (C=O) groups excluding carboxylic acids is 1. The maximum atomic E-state index is 13.6. The zero-order valence-corrected chi connectivity index (χ0v) is 20.6. The first kappa shape index (κ1) is 22.8. The number of rotatable bonds is 4. The van der Waals surface area contributed by atoms with Gasteiger partial charge in [-0.25, -0.2) is 4.98 Å². The molecule has 1 unspecified atom stereocenters. The van der Waals surface area contributed by atoms with Gasteiger partial charge in [0.1, 0.15) is 15.8 Å². The minimum atomic E-state index is -0.212. The normalized spacial score (nSPS) is 18.8. The Kier molecular flexibility index (Phi) is 6.24. The van der Waals surface area contributed by atoms with Crippen molar-refractivity contribution in [2.75, 3.05) is 31.2 Å². The lowest BCUT2D eigenvalue weighted by Crippen LogP contribution is -2.38. The number of carbonyl (C=O) groups is 1. The molecule has 3 aromatic rings. The predicted octanol–water partition coefficient (Wildman–Crippen LogP) is 3.80. The standard InChI is InChI=1S/C25H24N4O3S2/c1-16-8-9-21-26-22(27-10-12-32-13-11-27)19(23(30)28(21)15-16)14-20-24(31)29(25(33)34-20)17(2)18-6-4-3-5-7-18/h3-9,14-15,17H,10-13H2,1-2H3/b20-14-. The Balaban J connectivity index is 1.60. The Morgan fingerprint density at radius 2 is 1.85 bits per heavy atom. The smallest absolute Gasteiger partial charge is 0.267 e. The topological polar surface area (TPSA) is 67.2 Å². The van der Waals surface area contributed by atoms with Crippen molar-refractivity contribution < 1.29 is 9.53 Å². The molecule has 0 aliphatic carbocycles. The molecule has 0 spiro atoms. The molecule has 0 saturated carbocycles. The summed E-state index contributed by atoms with van der Waals surface area (Å²) in [5.74, 6) is 0.367. The number of aromatic nitrogens is 2. The third-order valence-electron chi connectivity index (χ3n) is 6.06. The van der Waals surface area contributed by atoms with Gasteiger partial charge in [-0.2, -0.15) is 0 Å². The van der Waals surface area contributed by atoms with E-state index in [2.05, 4.69) is 0 Å². The fraction of sp³-hybridized carbons (Fsp3) is 0.280. The van der Waals surface area contributed by atoms with Crippen molar-refractivity contribution in [1.29, 1.82) is 0 Å². The quantitative estimate of drug-likeness (QED) is 0.405. The number of thioether (sulfide) groups is 1. The van der Waals surface area contributed by atoms with Crippen molar-refractivity contribution in [3.63, 3.8) is 0 Å². The van der Waals surface area contributed by atoms with Crippen molar-refractivity contribution >= 4 is 51.7 Å². The number of nitrogens with zero attached hydrogens (tertiary/aromatic N) is 4. The van der Waals surface area contributed by atoms with Gasteiger partial charge < -0.3 is 9.64 Å². The highest BCUT2D eigenvalue weighted by molar-refractivity contribution is 8.26. The number of amides is 1. The number of aryl methyl sites for hydroxylation is 1. The molecule has 2 saturated heterocycles. The third-order valence-corrected chi connectivity index (χ3v) is 7.39. The summed E-state index contributed by atoms with van der Waals surface area (Å²) in [6.45, 7) is 6.26. The summed E-state index contributed by atoms with van der Waals surface area (Å²) in [4.78, 5) is 35.9. The van der Waals surface area contributed by atoms with E-state index in [4.69, 9.17) is 21.9 Å². The molecule has 9 heteroatoms. The van der Waals surface area contributed by atoms with Gasteiger partial charge in [0.25, 0.3) is 11.5 Å². The van der Waals surface area contributed by atoms with E-state index in [0.29, 0.717) is 52.6 Å². The fourth-order valence-corrected chi connectivity index (χ4v) is 5.62. The van der Waals surface area contributed by atoms with Gasteiger partial charge >= 0.3 is 0 Å². The van der Waals surface area contributed by atoms with Crippen LogP contribution in [0.2, 0.25) is 0 Å². The first-order valence-electron chi connectivity index (χ1n) is 11.1. The number of hydrogen-bond acceptors (Lipinski definition) is 7. The molecule has 2 aliphatic heterocycles. The maximum absolute atomic E-state index is 13.6. The van der Waals surface area contributed by atoms with E-state index in [9.17, 15) is 9.59 Å². The summed E-state index contributed by atoms with van der Waals surface area (Å²) in [7, 11) is 0. The number of fused-ring (bicyclic) bond motifs is 1. The van der Waals surface area contributed by atoms with Gasteiger partial charge in [-0.15, -0.1) is 0 Å². The lowest BCUT2D eigenvalue weighted by Gasteiger charge is -2.29. The number of anilines is 1. The van der Waals surface area contributed by atoms with Crippen LogP contribution in [0, 0.1) is 6.92 Å². The summed E-state index contributed by atoms with van der Waals surface area (Å²) in [6, 6.07) is 13.3. The summed E-state index contributed by atoms with van der Waals surface area (Å²) in [5, 5.41) is 0. The summed E-state index contributed by atoms with van der Waals surface area (Å²) >= 11 is 6.80. The van der Waals surface area contributed by atoms with Gasteiger partial charge in [0.15, 0.2) is 0 Å². The van der Waals surface area contributed by atoms with Gasteiger partial charge in [-0.05, 0) is 37.1 Å². The van der Waals surface area contributed by atoms with Gasteiger partial charge in [0.05, 0.1) is 29.7 Å². The first-order valence-corrected chi connectivity index (χ1v) is 12.3. The molecular formula is C25H24N4O3S2. The number of morpholine rings is 1. The second-order valence-electron chi connectivity index (χ2n) is 8.33. The minimum absolute atomic E-state index is 0.201. The Labute approximate surface area is 207 Å². The van der Waals surface area contributed by atoms with Crippen LogP contribution in [0.1, 0.15) is 29.7 Å². The van der Waals surface area contributed by atoms with Crippen LogP contribution < -0.4 is 10.5 Å². The van der Waals surface area contributed by atoms with E-state index in [0.717, 1.165) is 11.1 Å². The molecule has 2 fully saturated rings. The molecule has 34 heavy (non-hydrogen) atoms. The number of benzene rings is 1. The highest BCUT2D eigenvalue weighted by Crippen LogP contribution is 2.38. The number of thiocarbonyl (C=S) groups is 1. The van der Waals surface area contributed by atoms with E-state index in [1.165, 1.54) is 11.8 Å². The summed E-state index contributed by atoms with van der Waals surface area (Å²) < 4.78 is 7.51. The first-order chi connectivity index (χ1) is 16.4. The molecule has 1 amide bonds. The average Bonchev–Trinajstić information content (AvgIpc) is 3.14. The molecule has 4 heterocycles. The van der Waals surface area contributed by atoms with E-state index >= 15 is 0 Å². The number of hydrogen-bond donors (Lipinski definition) is 0. The van der Waals surface area contributed by atoms with Gasteiger partial charge in [-0.1, -0.05) is 60.4 Å². The Bertz CT molecular complexity index is 1360. The van der Waals surface area contributed by atoms with Gasteiger partial charge in [0.2, 0.25) is 0 Å². The second-order valence-corrected chi connectivity index (χ2v) is 10.0. The largest absolute Gasteiger partial charge is 0.378 e. The summed E-state index contributed by atoms with van der Waals surface area (Å²) in [5.41, 5.74) is 2.69. The van der Waals surface area contributed by atoms with Gasteiger partial charge in [-0.3, -0.25) is 18.9 Å². The highest BCUT2D eigenvalue weighted by Gasteiger charge is 2.36. The number of pyridine rings is 1.